The molecule has 0 fully saturated rings. The van der Waals surface area contributed by atoms with Crippen molar-refractivity contribution in [1.82, 2.24) is 0 Å². The smallest absolute Gasteiger partial charge is 0.161 e. The zero-order valence-electron chi connectivity index (χ0n) is 28.0. The summed E-state index contributed by atoms with van der Waals surface area (Å²) in [6, 6.07) is 0. The van der Waals surface area contributed by atoms with Gasteiger partial charge in [-0.25, -0.2) is 0 Å². The number of rotatable bonds is 10. The minimum atomic E-state index is -0.659. The highest BCUT2D eigenvalue weighted by atomic mass is 16.3. The standard InChI is InChI=1S/C40H52O3/c1-28(17-13-19-30(3)21-23-34-32(5)36(41)25-26-39(34,7)8)15-11-12-16-29(2)18-14-20-31(4)22-24-35-33(6)37(42)27-38(43)40(35,9)10/h11-24,38,43H,25-27H2,1-10H3/b12-11+,17-13+,18-14+,23-21+,24-22+,28-15+,29-16+,30-19+,31-20+/t38-/m1/s1. The molecule has 0 aromatic heterocycles. The summed E-state index contributed by atoms with van der Waals surface area (Å²) >= 11 is 0. The van der Waals surface area contributed by atoms with E-state index in [0.717, 1.165) is 51.0 Å². The van der Waals surface area contributed by atoms with Crippen LogP contribution in [0, 0.1) is 10.8 Å². The highest BCUT2D eigenvalue weighted by Gasteiger charge is 2.38. The second-order valence-corrected chi connectivity index (χ2v) is 13.2. The third-order valence-corrected chi connectivity index (χ3v) is 8.55. The first-order valence-electron chi connectivity index (χ1n) is 15.3. The Morgan fingerprint density at radius 1 is 0.651 bits per heavy atom. The molecule has 2 rings (SSSR count). The molecule has 2 aliphatic carbocycles. The van der Waals surface area contributed by atoms with E-state index in [2.05, 4.69) is 83.2 Å². The molecular weight excluding hydrogens is 528 g/mol. The lowest BCUT2D eigenvalue weighted by Gasteiger charge is -2.36. The molecule has 0 aliphatic heterocycles. The predicted octanol–water partition coefficient (Wildman–Crippen LogP) is 9.93. The molecule has 0 amide bonds. The first-order valence-corrected chi connectivity index (χ1v) is 15.3. The van der Waals surface area contributed by atoms with Gasteiger partial charge < -0.3 is 5.11 Å². The summed E-state index contributed by atoms with van der Waals surface area (Å²) in [6.07, 6.45) is 29.8. The molecule has 0 unspecified atom stereocenters. The topological polar surface area (TPSA) is 54.4 Å². The molecule has 0 spiro atoms. The van der Waals surface area contributed by atoms with Crippen LogP contribution in [0.5, 0.6) is 0 Å². The second kappa shape index (κ2) is 15.8. The van der Waals surface area contributed by atoms with Gasteiger partial charge in [0.25, 0.3) is 0 Å². The van der Waals surface area contributed by atoms with Crippen molar-refractivity contribution < 1.29 is 14.7 Å². The summed E-state index contributed by atoms with van der Waals surface area (Å²) < 4.78 is 0. The number of carbonyl (C=O) groups excluding carboxylic acids is 2. The summed E-state index contributed by atoms with van der Waals surface area (Å²) in [6.45, 7) is 20.4. The molecule has 0 heterocycles. The number of carbonyl (C=O) groups is 2. The van der Waals surface area contributed by atoms with Crippen molar-refractivity contribution in [2.75, 3.05) is 0 Å². The summed E-state index contributed by atoms with van der Waals surface area (Å²) in [5.74, 6) is 0.283. The number of aliphatic hydroxyl groups is 1. The molecule has 230 valence electrons. The van der Waals surface area contributed by atoms with Crippen molar-refractivity contribution in [3.63, 3.8) is 0 Å². The molecule has 2 aliphatic rings. The summed E-state index contributed by atoms with van der Waals surface area (Å²) in [4.78, 5) is 24.4. The van der Waals surface area contributed by atoms with E-state index in [-0.39, 0.29) is 23.4 Å². The van der Waals surface area contributed by atoms with Crippen LogP contribution in [-0.4, -0.2) is 22.8 Å². The van der Waals surface area contributed by atoms with Gasteiger partial charge in [-0.3, -0.25) is 9.59 Å². The number of hydrogen-bond donors (Lipinski definition) is 1. The van der Waals surface area contributed by atoms with Gasteiger partial charge in [-0.1, -0.05) is 135 Å². The molecule has 0 aromatic rings. The van der Waals surface area contributed by atoms with Gasteiger partial charge in [0.15, 0.2) is 11.6 Å². The van der Waals surface area contributed by atoms with Gasteiger partial charge in [0.1, 0.15) is 0 Å². The van der Waals surface area contributed by atoms with Crippen LogP contribution in [-0.2, 0) is 9.59 Å². The van der Waals surface area contributed by atoms with Crippen LogP contribution >= 0.6 is 0 Å². The lowest BCUT2D eigenvalue weighted by Crippen LogP contribution is -2.38. The Labute approximate surface area is 260 Å². The van der Waals surface area contributed by atoms with Gasteiger partial charge in [0.05, 0.1) is 6.10 Å². The highest BCUT2D eigenvalue weighted by molar-refractivity contribution is 5.98. The maximum Gasteiger partial charge on any atom is 0.161 e. The number of aliphatic hydroxyl groups excluding tert-OH is 1. The molecule has 0 saturated heterocycles. The number of allylic oxidation sites excluding steroid dienone is 21. The quantitative estimate of drug-likeness (QED) is 0.262. The maximum atomic E-state index is 12.2. The molecule has 1 atom stereocenters. The van der Waals surface area contributed by atoms with E-state index >= 15 is 0 Å². The fourth-order valence-corrected chi connectivity index (χ4v) is 5.26. The second-order valence-electron chi connectivity index (χ2n) is 13.2. The predicted molar refractivity (Wildman–Crippen MR) is 184 cm³/mol. The van der Waals surface area contributed by atoms with E-state index in [0.29, 0.717) is 6.42 Å². The van der Waals surface area contributed by atoms with Gasteiger partial charge in [-0.2, -0.15) is 0 Å². The molecule has 3 nitrogen and oxygen atoms in total. The third-order valence-electron chi connectivity index (χ3n) is 8.55. The Hall–Kier alpha value is -3.56. The molecule has 0 saturated carbocycles. The summed E-state index contributed by atoms with van der Waals surface area (Å²) in [5, 5.41) is 10.4. The van der Waals surface area contributed by atoms with E-state index in [1.165, 1.54) is 0 Å². The maximum absolute atomic E-state index is 12.2. The Morgan fingerprint density at radius 3 is 1.58 bits per heavy atom. The zero-order chi connectivity index (χ0) is 32.4. The molecule has 0 radical (unpaired) electrons. The summed E-state index contributed by atoms with van der Waals surface area (Å²) in [5.41, 5.74) is 7.75. The van der Waals surface area contributed by atoms with Crippen molar-refractivity contribution >= 4 is 11.6 Å². The Morgan fingerprint density at radius 2 is 1.07 bits per heavy atom. The molecular formula is C40H52O3. The molecule has 0 aromatic carbocycles. The van der Waals surface area contributed by atoms with Crippen molar-refractivity contribution in [3.05, 3.63) is 130 Å². The lowest BCUT2D eigenvalue weighted by atomic mass is 9.70. The van der Waals surface area contributed by atoms with Gasteiger partial charge in [0.2, 0.25) is 0 Å². The van der Waals surface area contributed by atoms with Crippen LogP contribution in [0.15, 0.2) is 130 Å². The Bertz CT molecular complexity index is 1420. The SMILES string of the molecule is CC1=C(/C=C/C(C)=C/C=C/C(C)=C/C=C/C=C(C)/C=C/C=C(C)/C=C/C2=C(C)C(=O)C[C@@H](O)C2(C)C)C(C)(C)CCC1=O. The normalized spacial score (nSPS) is 23.1. The van der Waals surface area contributed by atoms with Gasteiger partial charge in [0, 0.05) is 18.3 Å². The van der Waals surface area contributed by atoms with Crippen LogP contribution in [0.2, 0.25) is 0 Å². The van der Waals surface area contributed by atoms with Crippen LogP contribution in [0.3, 0.4) is 0 Å². The van der Waals surface area contributed by atoms with Crippen LogP contribution < -0.4 is 0 Å². The van der Waals surface area contributed by atoms with E-state index in [1.807, 2.05) is 71.1 Å². The first kappa shape index (κ1) is 35.6. The number of Topliss-reactive ketones (excluding diaryl/α,β-unsaturated/α-hetero) is 2. The minimum Gasteiger partial charge on any atom is -0.392 e. The van der Waals surface area contributed by atoms with Crippen molar-refractivity contribution in [3.8, 4) is 0 Å². The molecule has 0 bridgehead atoms. The number of hydrogen-bond acceptors (Lipinski definition) is 3. The van der Waals surface area contributed by atoms with E-state index in [9.17, 15) is 14.7 Å². The van der Waals surface area contributed by atoms with Crippen LogP contribution in [0.1, 0.15) is 88.5 Å². The Kier molecular flexibility index (Phi) is 13.1. The summed E-state index contributed by atoms with van der Waals surface area (Å²) in [7, 11) is 0. The van der Waals surface area contributed by atoms with E-state index < -0.39 is 11.5 Å². The number of ketones is 2. The highest BCUT2D eigenvalue weighted by Crippen LogP contribution is 2.40. The zero-order valence-corrected chi connectivity index (χ0v) is 28.0. The fourth-order valence-electron chi connectivity index (χ4n) is 5.26. The van der Waals surface area contributed by atoms with E-state index in [1.54, 1.807) is 0 Å². The average Bonchev–Trinajstić information content (AvgIpc) is 2.92. The lowest BCUT2D eigenvalue weighted by molar-refractivity contribution is -0.120. The van der Waals surface area contributed by atoms with E-state index in [4.69, 9.17) is 0 Å². The fraction of sp³-hybridized carbons (Fsp3) is 0.400. The first-order chi connectivity index (χ1) is 20.1. The van der Waals surface area contributed by atoms with Gasteiger partial charge in [-0.05, 0) is 75.7 Å². The Balaban J connectivity index is 1.94. The van der Waals surface area contributed by atoms with Crippen molar-refractivity contribution in [2.45, 2.75) is 94.6 Å². The molecule has 1 N–H and O–H groups in total. The largest absolute Gasteiger partial charge is 0.392 e. The van der Waals surface area contributed by atoms with Crippen molar-refractivity contribution in [2.24, 2.45) is 10.8 Å². The van der Waals surface area contributed by atoms with Gasteiger partial charge in [-0.15, -0.1) is 0 Å². The minimum absolute atomic E-state index is 0.0188. The van der Waals surface area contributed by atoms with Gasteiger partial charge >= 0.3 is 0 Å². The van der Waals surface area contributed by atoms with Crippen LogP contribution in [0.25, 0.3) is 0 Å². The average molecular weight is 581 g/mol. The molecule has 3 heteroatoms. The monoisotopic (exact) mass is 580 g/mol. The third kappa shape index (κ3) is 10.6. The van der Waals surface area contributed by atoms with Crippen molar-refractivity contribution in [1.29, 1.82) is 0 Å². The van der Waals surface area contributed by atoms with Crippen LogP contribution in [0.4, 0.5) is 0 Å². The molecule has 43 heavy (non-hydrogen) atoms.